The largest absolute Gasteiger partial charge is 0.479 e. The number of nitrogens with one attached hydrogen (secondary N) is 1. The van der Waals surface area contributed by atoms with Crippen LogP contribution >= 0.6 is 22.7 Å². The maximum absolute atomic E-state index is 13.2. The topological polar surface area (TPSA) is 120 Å². The first kappa shape index (κ1) is 34.5. The van der Waals surface area contributed by atoms with E-state index in [-0.39, 0.29) is 23.5 Å². The van der Waals surface area contributed by atoms with Gasteiger partial charge in [-0.15, -0.1) is 22.7 Å². The van der Waals surface area contributed by atoms with E-state index in [4.69, 9.17) is 4.18 Å². The van der Waals surface area contributed by atoms with Gasteiger partial charge in [0, 0.05) is 23.1 Å². The predicted octanol–water partition coefficient (Wildman–Crippen LogP) is 7.98. The normalized spacial score (nSPS) is 19.7. The molecule has 0 radical (unpaired) electrons. The Labute approximate surface area is 290 Å². The van der Waals surface area contributed by atoms with Crippen molar-refractivity contribution in [3.05, 3.63) is 110 Å². The van der Waals surface area contributed by atoms with Gasteiger partial charge in [-0.3, -0.25) is 9.08 Å². The molecule has 1 aliphatic rings. The van der Waals surface area contributed by atoms with Gasteiger partial charge in [0.1, 0.15) is 0 Å². The van der Waals surface area contributed by atoms with Crippen LogP contribution < -0.4 is 0 Å². The van der Waals surface area contributed by atoms with Crippen LogP contribution in [0.15, 0.2) is 88.6 Å². The molecule has 0 amide bonds. The second kappa shape index (κ2) is 13.9. The van der Waals surface area contributed by atoms with E-state index in [2.05, 4.69) is 42.2 Å². The third-order valence-electron chi connectivity index (χ3n) is 10.2. The lowest BCUT2D eigenvalue weighted by Crippen LogP contribution is -2.50. The van der Waals surface area contributed by atoms with Crippen molar-refractivity contribution >= 4 is 49.7 Å². The monoisotopic (exact) mass is 706 g/mol. The third-order valence-corrected chi connectivity index (χ3v) is 13.6. The number of carbonyl (C=O) groups is 1. The van der Waals surface area contributed by atoms with E-state index in [0.717, 1.165) is 59.7 Å². The number of aromatic nitrogens is 1. The number of aliphatic carboxylic acids is 1. The van der Waals surface area contributed by atoms with Crippen LogP contribution in [0.5, 0.6) is 0 Å². The molecule has 0 spiro atoms. The lowest BCUT2D eigenvalue weighted by Gasteiger charge is -2.48. The van der Waals surface area contributed by atoms with Crippen LogP contribution in [0.4, 0.5) is 0 Å². The fourth-order valence-corrected chi connectivity index (χ4v) is 10.3. The number of rotatable bonds is 13. The smallest absolute Gasteiger partial charge is 0.346 e. The highest BCUT2D eigenvalue weighted by Gasteiger charge is 2.44. The van der Waals surface area contributed by atoms with E-state index in [1.807, 2.05) is 30.5 Å². The number of thiophene rings is 2. The summed E-state index contributed by atoms with van der Waals surface area (Å²) in [6, 6.07) is 20.4. The molecule has 0 bridgehead atoms. The van der Waals surface area contributed by atoms with Crippen molar-refractivity contribution in [1.29, 1.82) is 0 Å². The summed E-state index contributed by atoms with van der Waals surface area (Å²) in [7, 11) is -1.79. The van der Waals surface area contributed by atoms with Crippen molar-refractivity contribution in [1.82, 2.24) is 9.88 Å². The zero-order valence-corrected chi connectivity index (χ0v) is 29.8. The second-order valence-corrected chi connectivity index (χ2v) is 16.3. The molecule has 5 aromatic rings. The number of carboxylic acid groups (broad SMARTS) is 1. The Bertz CT molecular complexity index is 1970. The number of aryl methyl sites for hydroxylation is 1. The van der Waals surface area contributed by atoms with Crippen LogP contribution in [0.1, 0.15) is 77.8 Å². The van der Waals surface area contributed by atoms with Crippen LogP contribution in [0.25, 0.3) is 10.9 Å². The Morgan fingerprint density at radius 2 is 1.83 bits per heavy atom. The average Bonchev–Trinajstić information content (AvgIpc) is 3.89. The van der Waals surface area contributed by atoms with Crippen LogP contribution in [0.2, 0.25) is 0 Å². The van der Waals surface area contributed by atoms with E-state index < -0.39 is 27.2 Å². The SMILES string of the molecule is CCC(CCOS(=O)(=O)c1ccc(C)cc1)(c1c[nH]c2ccccc12)N(C)[C@@H]1CCC[C@@H](c2csc(C(O)(C(=O)O)c3cccs3)c2)C1. The minimum atomic E-state index is -3.93. The first-order valence-electron chi connectivity index (χ1n) is 16.3. The van der Waals surface area contributed by atoms with Gasteiger partial charge in [0.2, 0.25) is 5.60 Å². The molecule has 2 unspecified atom stereocenters. The molecule has 8 nitrogen and oxygen atoms in total. The third kappa shape index (κ3) is 6.39. The highest BCUT2D eigenvalue weighted by Crippen LogP contribution is 2.46. The van der Waals surface area contributed by atoms with Gasteiger partial charge < -0.3 is 15.2 Å². The first-order chi connectivity index (χ1) is 23.0. The molecule has 0 aliphatic heterocycles. The number of hydrogen-bond donors (Lipinski definition) is 3. The van der Waals surface area contributed by atoms with Crippen molar-refractivity contribution in [2.24, 2.45) is 0 Å². The minimum absolute atomic E-state index is 0.0222. The molecule has 1 fully saturated rings. The number of aromatic amines is 1. The molecule has 4 atom stereocenters. The zero-order valence-electron chi connectivity index (χ0n) is 27.4. The summed E-state index contributed by atoms with van der Waals surface area (Å²) in [5.41, 5.74) is 1.55. The van der Waals surface area contributed by atoms with Gasteiger partial charge in [-0.1, -0.05) is 55.3 Å². The van der Waals surface area contributed by atoms with Crippen molar-refractivity contribution in [3.63, 3.8) is 0 Å². The number of hydrogen-bond acceptors (Lipinski definition) is 8. The number of nitrogens with zero attached hydrogens (tertiary/aromatic N) is 1. The van der Waals surface area contributed by atoms with Crippen LogP contribution in [-0.4, -0.2) is 54.2 Å². The lowest BCUT2D eigenvalue weighted by molar-refractivity contribution is -0.154. The number of para-hydroxylation sites is 1. The summed E-state index contributed by atoms with van der Waals surface area (Å²) in [6.07, 6.45) is 7.04. The molecule has 3 N–H and O–H groups in total. The molecule has 11 heteroatoms. The Morgan fingerprint density at radius 1 is 1.06 bits per heavy atom. The fraction of sp³-hybridized carbons (Fsp3) is 0.378. The summed E-state index contributed by atoms with van der Waals surface area (Å²) in [6.45, 7) is 4.09. The number of aliphatic hydroxyl groups is 1. The number of fused-ring (bicyclic) bond motifs is 1. The molecule has 254 valence electrons. The van der Waals surface area contributed by atoms with Gasteiger partial charge in [-0.05, 0) is 104 Å². The lowest BCUT2D eigenvalue weighted by atomic mass is 9.76. The van der Waals surface area contributed by atoms with Crippen LogP contribution in [-0.2, 0) is 30.2 Å². The molecule has 6 rings (SSSR count). The van der Waals surface area contributed by atoms with Gasteiger partial charge in [0.25, 0.3) is 10.1 Å². The average molecular weight is 707 g/mol. The number of benzene rings is 2. The van der Waals surface area contributed by atoms with Gasteiger partial charge in [0.15, 0.2) is 0 Å². The van der Waals surface area contributed by atoms with E-state index in [1.165, 1.54) is 22.7 Å². The summed E-state index contributed by atoms with van der Waals surface area (Å²) in [5, 5.41) is 26.3. The second-order valence-electron chi connectivity index (χ2n) is 12.8. The molecule has 1 aliphatic carbocycles. The Hall–Kier alpha value is -3.32. The summed E-state index contributed by atoms with van der Waals surface area (Å²) < 4.78 is 32.1. The standard InChI is InChI=1S/C37H42N2O6S3/c1-4-36(31-23-38-32-12-6-5-11-30(31)32,18-19-45-48(43,44)29-16-14-25(2)15-17-29)39(3)28-10-7-9-26(21-28)27-22-34(47-24-27)37(42,35(40)41)33-13-8-20-46-33/h5-6,8,11-17,20,22-24,26,28,38,42H,4,7,9-10,18-19,21H2,1-3H3,(H,40,41)/t26-,28-,36?,37?/m1/s1. The summed E-state index contributed by atoms with van der Waals surface area (Å²) in [5.74, 6) is -1.09. The van der Waals surface area contributed by atoms with Gasteiger partial charge in [-0.25, -0.2) is 4.79 Å². The molecule has 2 aromatic carbocycles. The number of carboxylic acids is 1. The number of H-pyrrole nitrogens is 1. The Balaban J connectivity index is 1.28. The highest BCUT2D eigenvalue weighted by atomic mass is 32.2. The van der Waals surface area contributed by atoms with E-state index in [1.54, 1.807) is 41.8 Å². The van der Waals surface area contributed by atoms with Crippen molar-refractivity contribution in [2.75, 3.05) is 13.7 Å². The molecule has 1 saturated carbocycles. The van der Waals surface area contributed by atoms with E-state index in [9.17, 15) is 23.4 Å². The molecular weight excluding hydrogens is 665 g/mol. The first-order valence-corrected chi connectivity index (χ1v) is 19.5. The summed E-state index contributed by atoms with van der Waals surface area (Å²) in [4.78, 5) is 19.2. The summed E-state index contributed by atoms with van der Waals surface area (Å²) >= 11 is 2.53. The van der Waals surface area contributed by atoms with Gasteiger partial charge in [0.05, 0.1) is 26.8 Å². The van der Waals surface area contributed by atoms with Gasteiger partial charge >= 0.3 is 5.97 Å². The van der Waals surface area contributed by atoms with Crippen molar-refractivity contribution in [2.45, 2.75) is 80.4 Å². The van der Waals surface area contributed by atoms with Crippen LogP contribution in [0, 0.1) is 6.92 Å². The Morgan fingerprint density at radius 3 is 2.54 bits per heavy atom. The Kier molecular flexibility index (Phi) is 10.00. The van der Waals surface area contributed by atoms with E-state index in [0.29, 0.717) is 16.2 Å². The predicted molar refractivity (Wildman–Crippen MR) is 191 cm³/mol. The van der Waals surface area contributed by atoms with Gasteiger partial charge in [-0.2, -0.15) is 8.42 Å². The minimum Gasteiger partial charge on any atom is -0.479 e. The van der Waals surface area contributed by atoms with Crippen LogP contribution in [0.3, 0.4) is 0 Å². The maximum atomic E-state index is 13.2. The molecule has 0 saturated heterocycles. The van der Waals surface area contributed by atoms with E-state index >= 15 is 0 Å². The van der Waals surface area contributed by atoms with Crippen molar-refractivity contribution in [3.8, 4) is 0 Å². The zero-order chi connectivity index (χ0) is 34.1. The molecule has 3 heterocycles. The molecule has 48 heavy (non-hydrogen) atoms. The highest BCUT2D eigenvalue weighted by molar-refractivity contribution is 7.86. The fourth-order valence-electron chi connectivity index (χ4n) is 7.41. The van der Waals surface area contributed by atoms with Crippen molar-refractivity contribution < 1.29 is 27.6 Å². The maximum Gasteiger partial charge on any atom is 0.346 e. The quantitative estimate of drug-likeness (QED) is 0.106. The molecule has 3 aromatic heterocycles. The molecular formula is C37H42N2O6S3.